The van der Waals surface area contributed by atoms with Crippen LogP contribution in [0.1, 0.15) is 16.7 Å². The highest BCUT2D eigenvalue weighted by molar-refractivity contribution is 6.30. The van der Waals surface area contributed by atoms with Gasteiger partial charge < -0.3 is 14.9 Å². The fourth-order valence-corrected chi connectivity index (χ4v) is 2.59. The van der Waals surface area contributed by atoms with Crippen LogP contribution in [-0.4, -0.2) is 14.9 Å². The zero-order valence-electron chi connectivity index (χ0n) is 13.1. The molecule has 0 saturated carbocycles. The minimum absolute atomic E-state index is 0.0707. The zero-order chi connectivity index (χ0) is 17.3. The minimum Gasteiger partial charge on any atom is -0.481 e. The average molecular weight is 344 g/mol. The zero-order valence-corrected chi connectivity index (χ0v) is 13.9. The lowest BCUT2D eigenvalue weighted by Crippen LogP contribution is -2.02. The Labute approximate surface area is 143 Å². The SMILES string of the molecule is Cc1ccc2cc(COc3cccnc3[N+](=O)[O-])c(Cl)nc2c1C. The van der Waals surface area contributed by atoms with Crippen molar-refractivity contribution >= 4 is 28.3 Å². The lowest BCUT2D eigenvalue weighted by atomic mass is 10.0. The van der Waals surface area contributed by atoms with Gasteiger partial charge in [-0.15, -0.1) is 0 Å². The van der Waals surface area contributed by atoms with Gasteiger partial charge in [0.1, 0.15) is 18.0 Å². The molecule has 0 N–H and O–H groups in total. The predicted octanol–water partition coefficient (Wildman–Crippen LogP) is 4.39. The van der Waals surface area contributed by atoms with Crippen LogP contribution in [-0.2, 0) is 6.61 Å². The second kappa shape index (κ2) is 6.41. The lowest BCUT2D eigenvalue weighted by molar-refractivity contribution is -0.390. The molecule has 7 heteroatoms. The van der Waals surface area contributed by atoms with E-state index >= 15 is 0 Å². The Bertz CT molecular complexity index is 944. The molecule has 1 aromatic carbocycles. The van der Waals surface area contributed by atoms with Crippen LogP contribution in [0.15, 0.2) is 36.5 Å². The standard InChI is InChI=1S/C17H14ClN3O3/c1-10-5-6-12-8-13(16(18)20-15(12)11(10)2)9-24-14-4-3-7-19-17(14)21(22)23/h3-8H,9H2,1-2H3. The Morgan fingerprint density at radius 3 is 2.83 bits per heavy atom. The van der Waals surface area contributed by atoms with E-state index in [4.69, 9.17) is 16.3 Å². The largest absolute Gasteiger partial charge is 0.481 e. The highest BCUT2D eigenvalue weighted by Crippen LogP contribution is 2.28. The van der Waals surface area contributed by atoms with Crippen molar-refractivity contribution < 1.29 is 9.66 Å². The van der Waals surface area contributed by atoms with E-state index in [-0.39, 0.29) is 18.2 Å². The first kappa shape index (κ1) is 16.1. The van der Waals surface area contributed by atoms with E-state index in [1.807, 2.05) is 32.0 Å². The molecule has 2 aromatic heterocycles. The highest BCUT2D eigenvalue weighted by atomic mass is 35.5. The molecule has 0 aliphatic heterocycles. The molecule has 3 rings (SSSR count). The molecule has 0 aliphatic rings. The van der Waals surface area contributed by atoms with E-state index in [9.17, 15) is 10.1 Å². The van der Waals surface area contributed by atoms with E-state index in [1.165, 1.54) is 12.3 Å². The van der Waals surface area contributed by atoms with Gasteiger partial charge in [0.15, 0.2) is 0 Å². The molecule has 0 bridgehead atoms. The van der Waals surface area contributed by atoms with Crippen LogP contribution in [0.25, 0.3) is 10.9 Å². The van der Waals surface area contributed by atoms with Crippen molar-refractivity contribution in [3.8, 4) is 5.75 Å². The van der Waals surface area contributed by atoms with E-state index in [0.717, 1.165) is 22.0 Å². The number of nitro groups is 1. The maximum Gasteiger partial charge on any atom is 0.406 e. The number of fused-ring (bicyclic) bond motifs is 1. The van der Waals surface area contributed by atoms with Crippen LogP contribution in [0.3, 0.4) is 0 Å². The number of aryl methyl sites for hydroxylation is 2. The first-order chi connectivity index (χ1) is 11.5. The van der Waals surface area contributed by atoms with Crippen LogP contribution in [0.2, 0.25) is 5.15 Å². The van der Waals surface area contributed by atoms with Crippen molar-refractivity contribution in [3.05, 3.63) is 68.5 Å². The van der Waals surface area contributed by atoms with Gasteiger partial charge in [0, 0.05) is 10.9 Å². The van der Waals surface area contributed by atoms with Crippen LogP contribution >= 0.6 is 11.6 Å². The molecule has 0 fully saturated rings. The molecule has 24 heavy (non-hydrogen) atoms. The number of pyridine rings is 2. The van der Waals surface area contributed by atoms with Crippen molar-refractivity contribution in [1.29, 1.82) is 0 Å². The number of ether oxygens (including phenoxy) is 1. The summed E-state index contributed by atoms with van der Waals surface area (Å²) in [6, 6.07) is 8.95. The Balaban J connectivity index is 1.93. The number of aromatic nitrogens is 2. The van der Waals surface area contributed by atoms with Crippen molar-refractivity contribution in [1.82, 2.24) is 9.97 Å². The maximum absolute atomic E-state index is 11.0. The topological polar surface area (TPSA) is 78.2 Å². The third-order valence-corrected chi connectivity index (χ3v) is 4.17. The van der Waals surface area contributed by atoms with Crippen LogP contribution in [0, 0.1) is 24.0 Å². The molecule has 0 atom stereocenters. The van der Waals surface area contributed by atoms with Crippen LogP contribution in [0.5, 0.6) is 5.75 Å². The number of halogens is 1. The van der Waals surface area contributed by atoms with Gasteiger partial charge in [0.05, 0.1) is 5.52 Å². The molecule has 6 nitrogen and oxygen atoms in total. The predicted molar refractivity (Wildman–Crippen MR) is 91.5 cm³/mol. The molecule has 0 radical (unpaired) electrons. The van der Waals surface area contributed by atoms with Gasteiger partial charge >= 0.3 is 5.82 Å². The molecule has 0 spiro atoms. The van der Waals surface area contributed by atoms with Crippen molar-refractivity contribution in [2.45, 2.75) is 20.5 Å². The summed E-state index contributed by atoms with van der Waals surface area (Å²) in [6.45, 7) is 4.08. The fourth-order valence-electron chi connectivity index (χ4n) is 2.39. The molecule has 2 heterocycles. The smallest absolute Gasteiger partial charge is 0.406 e. The maximum atomic E-state index is 11.0. The summed E-state index contributed by atoms with van der Waals surface area (Å²) >= 11 is 6.26. The molecule has 0 amide bonds. The number of rotatable bonds is 4. The summed E-state index contributed by atoms with van der Waals surface area (Å²) in [5.74, 6) is -0.229. The molecule has 122 valence electrons. The molecule has 0 unspecified atom stereocenters. The minimum atomic E-state index is -0.582. The van der Waals surface area contributed by atoms with Crippen molar-refractivity contribution in [3.63, 3.8) is 0 Å². The van der Waals surface area contributed by atoms with E-state index < -0.39 is 4.92 Å². The molecular formula is C17H14ClN3O3. The van der Waals surface area contributed by atoms with E-state index in [2.05, 4.69) is 9.97 Å². The van der Waals surface area contributed by atoms with Crippen LogP contribution < -0.4 is 4.74 Å². The van der Waals surface area contributed by atoms with Crippen molar-refractivity contribution in [2.75, 3.05) is 0 Å². The summed E-state index contributed by atoms with van der Waals surface area (Å²) in [7, 11) is 0. The Hall–Kier alpha value is -2.73. The Morgan fingerprint density at radius 1 is 1.29 bits per heavy atom. The third kappa shape index (κ3) is 3.00. The first-order valence-corrected chi connectivity index (χ1v) is 7.62. The molecule has 3 aromatic rings. The Kier molecular flexibility index (Phi) is 4.31. The van der Waals surface area contributed by atoms with Gasteiger partial charge in [-0.25, -0.2) is 4.98 Å². The number of nitrogens with zero attached hydrogens (tertiary/aromatic N) is 3. The second-order valence-electron chi connectivity index (χ2n) is 5.39. The van der Waals surface area contributed by atoms with Gasteiger partial charge in [0.2, 0.25) is 5.75 Å². The van der Waals surface area contributed by atoms with Gasteiger partial charge in [-0.2, -0.15) is 0 Å². The average Bonchev–Trinajstić information content (AvgIpc) is 2.57. The van der Waals surface area contributed by atoms with Gasteiger partial charge in [-0.3, -0.25) is 0 Å². The molecule has 0 saturated heterocycles. The van der Waals surface area contributed by atoms with E-state index in [0.29, 0.717) is 10.7 Å². The number of hydrogen-bond acceptors (Lipinski definition) is 5. The van der Waals surface area contributed by atoms with Gasteiger partial charge in [-0.05, 0) is 53.1 Å². The summed E-state index contributed by atoms with van der Waals surface area (Å²) in [5, 5.41) is 12.2. The van der Waals surface area contributed by atoms with Gasteiger partial charge in [0.25, 0.3) is 0 Å². The summed E-state index contributed by atoms with van der Waals surface area (Å²) < 4.78 is 5.54. The molecular weight excluding hydrogens is 330 g/mol. The van der Waals surface area contributed by atoms with Crippen molar-refractivity contribution in [2.24, 2.45) is 0 Å². The molecule has 0 aliphatic carbocycles. The highest BCUT2D eigenvalue weighted by Gasteiger charge is 2.16. The van der Waals surface area contributed by atoms with Gasteiger partial charge in [-0.1, -0.05) is 23.7 Å². The number of hydrogen-bond donors (Lipinski definition) is 0. The summed E-state index contributed by atoms with van der Waals surface area (Å²) in [4.78, 5) is 18.5. The Morgan fingerprint density at radius 2 is 2.08 bits per heavy atom. The quantitative estimate of drug-likeness (QED) is 0.399. The lowest BCUT2D eigenvalue weighted by Gasteiger charge is -2.10. The van der Waals surface area contributed by atoms with Crippen LogP contribution in [0.4, 0.5) is 5.82 Å². The summed E-state index contributed by atoms with van der Waals surface area (Å²) in [5.41, 5.74) is 3.72. The fraction of sp³-hybridized carbons (Fsp3) is 0.176. The third-order valence-electron chi connectivity index (χ3n) is 3.84. The normalized spacial score (nSPS) is 10.8. The first-order valence-electron chi connectivity index (χ1n) is 7.25. The van der Waals surface area contributed by atoms with E-state index in [1.54, 1.807) is 6.07 Å². The number of benzene rings is 1. The summed E-state index contributed by atoms with van der Waals surface area (Å²) in [6.07, 6.45) is 1.35. The monoisotopic (exact) mass is 343 g/mol. The second-order valence-corrected chi connectivity index (χ2v) is 5.75.